The average Bonchev–Trinajstić information content (AvgIpc) is 2.79. The van der Waals surface area contributed by atoms with Crippen molar-refractivity contribution in [2.45, 2.75) is 84.6 Å². The molecule has 0 saturated heterocycles. The first kappa shape index (κ1) is 30.0. The van der Waals surface area contributed by atoms with Crippen molar-refractivity contribution >= 4 is 35.3 Å². The molecular formula is C28H38O4S3. The van der Waals surface area contributed by atoms with Gasteiger partial charge in [-0.1, -0.05) is 59.6 Å². The molecule has 0 N–H and O–H groups in total. The van der Waals surface area contributed by atoms with Gasteiger partial charge in [-0.2, -0.15) is 0 Å². The number of hydrogen-bond donors (Lipinski definition) is 0. The Hall–Kier alpha value is -1.19. The van der Waals surface area contributed by atoms with Gasteiger partial charge >= 0.3 is 0 Å². The van der Waals surface area contributed by atoms with Gasteiger partial charge in [0.2, 0.25) is 0 Å². The lowest BCUT2D eigenvalue weighted by molar-refractivity contribution is -0.129. The summed E-state index contributed by atoms with van der Waals surface area (Å²) in [4.78, 5) is 4.72. The zero-order valence-electron chi connectivity index (χ0n) is 21.6. The summed E-state index contributed by atoms with van der Waals surface area (Å²) in [7, 11) is 0. The van der Waals surface area contributed by atoms with Crippen molar-refractivity contribution in [3.05, 3.63) is 72.8 Å². The molecular weight excluding hydrogens is 497 g/mol. The largest absolute Gasteiger partial charge is 0.349 e. The lowest BCUT2D eigenvalue weighted by Gasteiger charge is -2.19. The fourth-order valence-corrected chi connectivity index (χ4v) is 5.48. The van der Waals surface area contributed by atoms with E-state index >= 15 is 0 Å². The van der Waals surface area contributed by atoms with Crippen molar-refractivity contribution in [1.82, 2.24) is 0 Å². The summed E-state index contributed by atoms with van der Waals surface area (Å²) in [5.41, 5.74) is 1.96. The van der Waals surface area contributed by atoms with Gasteiger partial charge < -0.3 is 18.9 Å². The molecule has 192 valence electrons. The Bertz CT molecular complexity index is 839. The highest BCUT2D eigenvalue weighted by Gasteiger charge is 2.12. The van der Waals surface area contributed by atoms with E-state index in [1.165, 1.54) is 9.79 Å². The molecule has 0 aliphatic rings. The van der Waals surface area contributed by atoms with E-state index in [2.05, 4.69) is 61.7 Å². The SMILES string of the molecule is C=C(C)COC(C)OC(C)Sc1ccc(Sc2ccc(SC(C)OC(C)OCC(=C)C)cc2)cc1. The molecule has 0 heterocycles. The Morgan fingerprint density at radius 2 is 0.943 bits per heavy atom. The third-order valence-electron chi connectivity index (χ3n) is 4.38. The van der Waals surface area contributed by atoms with E-state index in [0.717, 1.165) is 20.9 Å². The minimum Gasteiger partial charge on any atom is -0.349 e. The van der Waals surface area contributed by atoms with E-state index < -0.39 is 0 Å². The third-order valence-corrected chi connectivity index (χ3v) is 7.37. The van der Waals surface area contributed by atoms with Crippen molar-refractivity contribution in [3.8, 4) is 0 Å². The molecule has 2 aromatic rings. The minimum atomic E-state index is -0.266. The Morgan fingerprint density at radius 1 is 0.629 bits per heavy atom. The predicted octanol–water partition coefficient (Wildman–Crippen LogP) is 8.62. The van der Waals surface area contributed by atoms with Crippen LogP contribution < -0.4 is 0 Å². The van der Waals surface area contributed by atoms with Crippen LogP contribution in [0.5, 0.6) is 0 Å². The van der Waals surface area contributed by atoms with Crippen LogP contribution in [0.4, 0.5) is 0 Å². The summed E-state index contributed by atoms with van der Waals surface area (Å²) in [6.45, 7) is 20.5. The van der Waals surface area contributed by atoms with E-state index in [-0.39, 0.29) is 23.5 Å². The number of rotatable bonds is 16. The lowest BCUT2D eigenvalue weighted by Crippen LogP contribution is -2.18. The fraction of sp³-hybridized carbons (Fsp3) is 0.429. The van der Waals surface area contributed by atoms with Crippen LogP contribution in [0.15, 0.2) is 92.4 Å². The Morgan fingerprint density at radius 3 is 1.26 bits per heavy atom. The Balaban J connectivity index is 1.78. The summed E-state index contributed by atoms with van der Waals surface area (Å²) >= 11 is 5.10. The first-order valence-electron chi connectivity index (χ1n) is 11.6. The van der Waals surface area contributed by atoms with Crippen LogP contribution in [0.25, 0.3) is 0 Å². The molecule has 0 spiro atoms. The van der Waals surface area contributed by atoms with Gasteiger partial charge in [0.1, 0.15) is 10.9 Å². The van der Waals surface area contributed by atoms with E-state index in [4.69, 9.17) is 18.9 Å². The van der Waals surface area contributed by atoms with Crippen molar-refractivity contribution in [3.63, 3.8) is 0 Å². The van der Waals surface area contributed by atoms with Crippen LogP contribution in [-0.4, -0.2) is 36.7 Å². The summed E-state index contributed by atoms with van der Waals surface area (Å²) in [5.74, 6) is 0. The van der Waals surface area contributed by atoms with Gasteiger partial charge in [-0.3, -0.25) is 0 Å². The first-order valence-corrected chi connectivity index (χ1v) is 14.2. The summed E-state index contributed by atoms with van der Waals surface area (Å²) in [6, 6.07) is 17.1. The van der Waals surface area contributed by atoms with Crippen LogP contribution in [0.1, 0.15) is 41.5 Å². The molecule has 0 radical (unpaired) electrons. The molecule has 2 aromatic carbocycles. The second-order valence-corrected chi connectivity index (χ2v) is 12.2. The topological polar surface area (TPSA) is 36.9 Å². The number of benzene rings is 2. The molecule has 0 amide bonds. The zero-order valence-corrected chi connectivity index (χ0v) is 24.1. The highest BCUT2D eigenvalue weighted by molar-refractivity contribution is 8.00. The highest BCUT2D eigenvalue weighted by atomic mass is 32.2. The number of hydrogen-bond acceptors (Lipinski definition) is 7. The van der Waals surface area contributed by atoms with Gasteiger partial charge in [-0.05, 0) is 90.1 Å². The van der Waals surface area contributed by atoms with Crippen molar-refractivity contribution in [2.75, 3.05) is 13.2 Å². The number of thioether (sulfide) groups is 2. The van der Waals surface area contributed by atoms with Gasteiger partial charge in [0.15, 0.2) is 12.6 Å². The minimum absolute atomic E-state index is 0.00862. The van der Waals surface area contributed by atoms with Gasteiger partial charge in [0, 0.05) is 19.6 Å². The molecule has 4 unspecified atom stereocenters. The van der Waals surface area contributed by atoms with Crippen molar-refractivity contribution in [1.29, 1.82) is 0 Å². The van der Waals surface area contributed by atoms with Gasteiger partial charge in [-0.25, -0.2) is 0 Å². The molecule has 0 bridgehead atoms. The molecule has 0 fully saturated rings. The van der Waals surface area contributed by atoms with E-state index in [1.54, 1.807) is 35.3 Å². The van der Waals surface area contributed by atoms with Gasteiger partial charge in [0.05, 0.1) is 13.2 Å². The second kappa shape index (κ2) is 15.8. The number of ether oxygens (including phenoxy) is 4. The molecule has 0 saturated carbocycles. The van der Waals surface area contributed by atoms with E-state index in [1.807, 2.05) is 41.5 Å². The summed E-state index contributed by atoms with van der Waals surface area (Å²) in [5, 5.41) is 0. The smallest absolute Gasteiger partial charge is 0.156 e. The normalized spacial score (nSPS) is 14.8. The summed E-state index contributed by atoms with van der Waals surface area (Å²) < 4.78 is 23.0. The maximum atomic E-state index is 5.88. The molecule has 2 rings (SSSR count). The maximum absolute atomic E-state index is 5.88. The molecule has 0 aliphatic heterocycles. The van der Waals surface area contributed by atoms with Crippen LogP contribution in [0, 0.1) is 0 Å². The fourth-order valence-electron chi connectivity index (χ4n) is 2.88. The molecule has 4 atom stereocenters. The van der Waals surface area contributed by atoms with Crippen LogP contribution in [-0.2, 0) is 18.9 Å². The van der Waals surface area contributed by atoms with Gasteiger partial charge in [-0.15, -0.1) is 0 Å². The second-order valence-electron chi connectivity index (χ2n) is 8.36. The Labute approximate surface area is 224 Å². The molecule has 0 aliphatic carbocycles. The first-order chi connectivity index (χ1) is 16.6. The predicted molar refractivity (Wildman–Crippen MR) is 150 cm³/mol. The summed E-state index contributed by atoms with van der Waals surface area (Å²) in [6.07, 6.45) is -0.532. The quantitative estimate of drug-likeness (QED) is 0.121. The third kappa shape index (κ3) is 13.1. The highest BCUT2D eigenvalue weighted by Crippen LogP contribution is 2.33. The lowest BCUT2D eigenvalue weighted by atomic mass is 10.4. The molecule has 0 aromatic heterocycles. The standard InChI is InChI=1S/C28H38O4S3/c1-19(2)17-29-21(5)31-23(7)33-25-9-13-27(14-10-25)35-28-15-11-26(12-16-28)34-24(8)32-22(6)30-18-20(3)4/h9-16,21-24H,1,3,17-18H2,2,4-8H3. The van der Waals surface area contributed by atoms with Crippen LogP contribution in [0.2, 0.25) is 0 Å². The maximum Gasteiger partial charge on any atom is 0.156 e. The monoisotopic (exact) mass is 534 g/mol. The molecule has 35 heavy (non-hydrogen) atoms. The van der Waals surface area contributed by atoms with Crippen LogP contribution >= 0.6 is 35.3 Å². The van der Waals surface area contributed by atoms with E-state index in [0.29, 0.717) is 13.2 Å². The van der Waals surface area contributed by atoms with Crippen molar-refractivity contribution < 1.29 is 18.9 Å². The van der Waals surface area contributed by atoms with Crippen molar-refractivity contribution in [2.24, 2.45) is 0 Å². The Kier molecular flexibility index (Phi) is 13.6. The van der Waals surface area contributed by atoms with Gasteiger partial charge in [0.25, 0.3) is 0 Å². The zero-order chi connectivity index (χ0) is 25.8. The van der Waals surface area contributed by atoms with Crippen LogP contribution in [0.3, 0.4) is 0 Å². The molecule has 7 heteroatoms. The molecule has 4 nitrogen and oxygen atoms in total. The average molecular weight is 535 g/mol. The van der Waals surface area contributed by atoms with E-state index in [9.17, 15) is 0 Å².